The van der Waals surface area contributed by atoms with Gasteiger partial charge in [0.2, 0.25) is 0 Å². The standard InChI is InChI=1S/C20H10Cl2N2OS/c21-14-4-3-5-15(22)19(14)17-9-8-13(25-17)10-12(11-23)20-24-16-6-1-2-7-18(16)26-20/h1-10H. The van der Waals surface area contributed by atoms with E-state index in [-0.39, 0.29) is 0 Å². The first kappa shape index (κ1) is 16.9. The van der Waals surface area contributed by atoms with Gasteiger partial charge in [-0.15, -0.1) is 11.3 Å². The van der Waals surface area contributed by atoms with Gasteiger partial charge in [-0.05, 0) is 36.4 Å². The van der Waals surface area contributed by atoms with Gasteiger partial charge in [-0.25, -0.2) is 4.98 Å². The Labute approximate surface area is 163 Å². The molecule has 0 unspecified atom stereocenters. The summed E-state index contributed by atoms with van der Waals surface area (Å²) in [6.45, 7) is 0. The summed E-state index contributed by atoms with van der Waals surface area (Å²) in [5, 5.41) is 11.2. The Morgan fingerprint density at radius 3 is 2.54 bits per heavy atom. The molecular weight excluding hydrogens is 387 g/mol. The van der Waals surface area contributed by atoms with Crippen molar-refractivity contribution in [2.45, 2.75) is 0 Å². The van der Waals surface area contributed by atoms with E-state index in [0.717, 1.165) is 10.2 Å². The summed E-state index contributed by atoms with van der Waals surface area (Å²) in [7, 11) is 0. The Morgan fingerprint density at radius 1 is 1.04 bits per heavy atom. The van der Waals surface area contributed by atoms with E-state index in [0.29, 0.717) is 37.7 Å². The second kappa shape index (κ2) is 6.97. The molecule has 0 radical (unpaired) electrons. The van der Waals surface area contributed by atoms with Crippen LogP contribution in [0.5, 0.6) is 0 Å². The highest BCUT2D eigenvalue weighted by atomic mass is 35.5. The van der Waals surface area contributed by atoms with Gasteiger partial charge in [-0.1, -0.05) is 41.4 Å². The zero-order valence-corrected chi connectivity index (χ0v) is 15.6. The van der Waals surface area contributed by atoms with Crippen LogP contribution in [0.1, 0.15) is 10.8 Å². The summed E-state index contributed by atoms with van der Waals surface area (Å²) in [4.78, 5) is 4.52. The summed E-state index contributed by atoms with van der Waals surface area (Å²) >= 11 is 13.9. The molecule has 0 saturated carbocycles. The topological polar surface area (TPSA) is 49.8 Å². The Bertz CT molecular complexity index is 1130. The molecule has 0 aliphatic heterocycles. The van der Waals surface area contributed by atoms with Crippen LogP contribution in [0.15, 0.2) is 59.0 Å². The summed E-state index contributed by atoms with van der Waals surface area (Å²) in [5.74, 6) is 1.08. The van der Waals surface area contributed by atoms with E-state index in [1.54, 1.807) is 36.4 Å². The lowest BCUT2D eigenvalue weighted by atomic mass is 10.2. The van der Waals surface area contributed by atoms with Crippen molar-refractivity contribution in [3.63, 3.8) is 0 Å². The molecule has 4 aromatic rings. The molecular formula is C20H10Cl2N2OS. The van der Waals surface area contributed by atoms with E-state index in [2.05, 4.69) is 11.1 Å². The first-order valence-electron chi connectivity index (χ1n) is 7.67. The highest BCUT2D eigenvalue weighted by Crippen LogP contribution is 2.36. The molecule has 0 bridgehead atoms. The Morgan fingerprint density at radius 2 is 1.81 bits per heavy atom. The van der Waals surface area contributed by atoms with Gasteiger partial charge in [0.25, 0.3) is 0 Å². The van der Waals surface area contributed by atoms with Crippen LogP contribution >= 0.6 is 34.5 Å². The van der Waals surface area contributed by atoms with Crippen molar-refractivity contribution in [1.29, 1.82) is 5.26 Å². The average Bonchev–Trinajstić information content (AvgIpc) is 3.26. The minimum absolute atomic E-state index is 0.442. The van der Waals surface area contributed by atoms with Crippen LogP contribution in [0.3, 0.4) is 0 Å². The molecule has 0 aliphatic carbocycles. The Hall–Kier alpha value is -2.58. The van der Waals surface area contributed by atoms with Crippen LogP contribution in [-0.2, 0) is 0 Å². The lowest BCUT2D eigenvalue weighted by molar-refractivity contribution is 0.572. The van der Waals surface area contributed by atoms with Crippen molar-refractivity contribution >= 4 is 56.4 Å². The van der Waals surface area contributed by atoms with Gasteiger partial charge < -0.3 is 4.42 Å². The number of halogens is 2. The molecule has 0 aliphatic rings. The van der Waals surface area contributed by atoms with E-state index in [9.17, 15) is 5.26 Å². The molecule has 3 nitrogen and oxygen atoms in total. The fourth-order valence-corrected chi connectivity index (χ4v) is 4.08. The first-order chi connectivity index (χ1) is 12.7. The molecule has 0 spiro atoms. The number of para-hydroxylation sites is 1. The normalized spacial score (nSPS) is 11.7. The second-order valence-corrected chi connectivity index (χ2v) is 7.30. The third-order valence-corrected chi connectivity index (χ3v) is 5.47. The van der Waals surface area contributed by atoms with Crippen molar-refractivity contribution < 1.29 is 4.42 Å². The van der Waals surface area contributed by atoms with Gasteiger partial charge >= 0.3 is 0 Å². The minimum atomic E-state index is 0.442. The molecule has 0 N–H and O–H groups in total. The fraction of sp³-hybridized carbons (Fsp3) is 0. The molecule has 2 aromatic carbocycles. The van der Waals surface area contributed by atoms with Crippen molar-refractivity contribution in [3.8, 4) is 17.4 Å². The number of rotatable bonds is 3. The number of hydrogen-bond acceptors (Lipinski definition) is 4. The zero-order chi connectivity index (χ0) is 18.1. The maximum Gasteiger partial charge on any atom is 0.137 e. The molecule has 0 amide bonds. The SMILES string of the molecule is N#CC(=Cc1ccc(-c2c(Cl)cccc2Cl)o1)c1nc2ccccc2s1. The van der Waals surface area contributed by atoms with Crippen molar-refractivity contribution in [1.82, 2.24) is 4.98 Å². The zero-order valence-electron chi connectivity index (χ0n) is 13.2. The monoisotopic (exact) mass is 396 g/mol. The van der Waals surface area contributed by atoms with E-state index >= 15 is 0 Å². The molecule has 26 heavy (non-hydrogen) atoms. The predicted molar refractivity (Wildman–Crippen MR) is 107 cm³/mol. The Kier molecular flexibility index (Phi) is 4.52. The molecule has 4 rings (SSSR count). The van der Waals surface area contributed by atoms with Gasteiger partial charge in [0.15, 0.2) is 0 Å². The molecule has 2 aromatic heterocycles. The van der Waals surface area contributed by atoms with E-state index in [1.165, 1.54) is 11.3 Å². The van der Waals surface area contributed by atoms with Crippen molar-refractivity contribution in [3.05, 3.63) is 75.4 Å². The van der Waals surface area contributed by atoms with Gasteiger partial charge in [0.05, 0.1) is 31.4 Å². The van der Waals surface area contributed by atoms with Crippen LogP contribution < -0.4 is 0 Å². The first-order valence-corrected chi connectivity index (χ1v) is 9.25. The third-order valence-electron chi connectivity index (χ3n) is 3.77. The van der Waals surface area contributed by atoms with Gasteiger partial charge in [0, 0.05) is 6.08 Å². The smallest absolute Gasteiger partial charge is 0.137 e. The summed E-state index contributed by atoms with van der Waals surface area (Å²) < 4.78 is 6.87. The summed E-state index contributed by atoms with van der Waals surface area (Å²) in [5.41, 5.74) is 1.95. The van der Waals surface area contributed by atoms with Gasteiger partial charge in [-0.2, -0.15) is 5.26 Å². The maximum absolute atomic E-state index is 9.54. The average molecular weight is 397 g/mol. The van der Waals surface area contributed by atoms with E-state index < -0.39 is 0 Å². The van der Waals surface area contributed by atoms with E-state index in [4.69, 9.17) is 27.6 Å². The van der Waals surface area contributed by atoms with Crippen LogP contribution in [-0.4, -0.2) is 4.98 Å². The quantitative estimate of drug-likeness (QED) is 0.352. The number of furan rings is 1. The molecule has 0 atom stereocenters. The number of benzene rings is 2. The number of nitrogens with zero attached hydrogens (tertiary/aromatic N) is 2. The molecule has 0 saturated heterocycles. The van der Waals surface area contributed by atoms with Crippen molar-refractivity contribution in [2.75, 3.05) is 0 Å². The fourth-order valence-electron chi connectivity index (χ4n) is 2.57. The number of hydrogen-bond donors (Lipinski definition) is 0. The number of nitriles is 1. The van der Waals surface area contributed by atoms with Crippen LogP contribution in [0.4, 0.5) is 0 Å². The lowest BCUT2D eigenvalue weighted by Crippen LogP contribution is -1.79. The van der Waals surface area contributed by atoms with Crippen molar-refractivity contribution in [2.24, 2.45) is 0 Å². The molecule has 126 valence electrons. The van der Waals surface area contributed by atoms with E-state index in [1.807, 2.05) is 24.3 Å². The molecule has 0 fully saturated rings. The highest BCUT2D eigenvalue weighted by Gasteiger charge is 2.13. The lowest BCUT2D eigenvalue weighted by Gasteiger charge is -2.02. The Balaban J connectivity index is 1.73. The van der Waals surface area contributed by atoms with Crippen LogP contribution in [0.25, 0.3) is 33.2 Å². The van der Waals surface area contributed by atoms with Crippen LogP contribution in [0.2, 0.25) is 10.0 Å². The highest BCUT2D eigenvalue weighted by molar-refractivity contribution is 7.19. The number of aromatic nitrogens is 1. The summed E-state index contributed by atoms with van der Waals surface area (Å²) in [6, 6.07) is 18.8. The third kappa shape index (κ3) is 3.13. The summed E-state index contributed by atoms with van der Waals surface area (Å²) in [6.07, 6.45) is 1.67. The largest absolute Gasteiger partial charge is 0.457 e. The van der Waals surface area contributed by atoms with Gasteiger partial charge in [-0.3, -0.25) is 0 Å². The molecule has 6 heteroatoms. The van der Waals surface area contributed by atoms with Crippen LogP contribution in [0, 0.1) is 11.3 Å². The van der Waals surface area contributed by atoms with Gasteiger partial charge in [0.1, 0.15) is 22.6 Å². The number of fused-ring (bicyclic) bond motifs is 1. The number of thiazole rings is 1. The second-order valence-electron chi connectivity index (χ2n) is 5.46. The maximum atomic E-state index is 9.54. The molecule has 2 heterocycles. The minimum Gasteiger partial charge on any atom is -0.457 e. The predicted octanol–water partition coefficient (Wildman–Crippen LogP) is 6.93. The number of allylic oxidation sites excluding steroid dienone is 1.